The van der Waals surface area contributed by atoms with Gasteiger partial charge in [0.25, 0.3) is 0 Å². The van der Waals surface area contributed by atoms with Crippen LogP contribution in [0.15, 0.2) is 0 Å². The van der Waals surface area contributed by atoms with Crippen LogP contribution in [0.2, 0.25) is 0 Å². The summed E-state index contributed by atoms with van der Waals surface area (Å²) in [6.07, 6.45) is 2.96. The highest BCUT2D eigenvalue weighted by molar-refractivity contribution is 7.98. The molecule has 0 aromatic rings. The number of rotatable bonds is 8. The van der Waals surface area contributed by atoms with E-state index in [1.165, 1.54) is 0 Å². The number of aliphatic hydroxyl groups excluding tert-OH is 1. The van der Waals surface area contributed by atoms with Crippen molar-refractivity contribution in [2.75, 3.05) is 25.2 Å². The van der Waals surface area contributed by atoms with Gasteiger partial charge < -0.3 is 21.5 Å². The van der Waals surface area contributed by atoms with Crippen LogP contribution >= 0.6 is 11.8 Å². The number of amides is 3. The summed E-state index contributed by atoms with van der Waals surface area (Å²) in [5.74, 6) is 0.500. The smallest absolute Gasteiger partial charge is 0.312 e. The van der Waals surface area contributed by atoms with Gasteiger partial charge in [-0.2, -0.15) is 11.8 Å². The molecule has 0 aliphatic carbocycles. The van der Waals surface area contributed by atoms with Crippen LogP contribution in [0.1, 0.15) is 12.8 Å². The Morgan fingerprint density at radius 3 is 2.69 bits per heavy atom. The number of aliphatic hydroxyl groups is 1. The highest BCUT2D eigenvalue weighted by Gasteiger charge is 2.18. The third kappa shape index (κ3) is 7.36. The number of carbonyl (C=O) groups is 2. The quantitative estimate of drug-likeness (QED) is 0.426. The summed E-state index contributed by atoms with van der Waals surface area (Å²) in [4.78, 5) is 22.3. The van der Waals surface area contributed by atoms with Crippen molar-refractivity contribution in [1.82, 2.24) is 10.6 Å². The van der Waals surface area contributed by atoms with Crippen molar-refractivity contribution in [3.05, 3.63) is 0 Å². The topological polar surface area (TPSA) is 104 Å². The number of nitrogens with one attached hydrogen (secondary N) is 2. The van der Waals surface area contributed by atoms with Gasteiger partial charge in [-0.05, 0) is 24.9 Å². The molecular formula is C9H19N3O3S. The zero-order chi connectivity index (χ0) is 12.4. The van der Waals surface area contributed by atoms with E-state index in [9.17, 15) is 9.59 Å². The molecule has 7 heteroatoms. The first-order valence-electron chi connectivity index (χ1n) is 5.05. The first-order chi connectivity index (χ1) is 7.61. The van der Waals surface area contributed by atoms with Crippen molar-refractivity contribution in [2.24, 2.45) is 5.73 Å². The van der Waals surface area contributed by atoms with Gasteiger partial charge >= 0.3 is 6.03 Å². The Morgan fingerprint density at radius 1 is 1.50 bits per heavy atom. The monoisotopic (exact) mass is 249 g/mol. The van der Waals surface area contributed by atoms with Crippen LogP contribution in [0.5, 0.6) is 0 Å². The minimum absolute atomic E-state index is 0.0268. The highest BCUT2D eigenvalue weighted by atomic mass is 32.2. The van der Waals surface area contributed by atoms with E-state index in [1.807, 2.05) is 6.26 Å². The second-order valence-corrected chi connectivity index (χ2v) is 4.20. The van der Waals surface area contributed by atoms with E-state index in [2.05, 4.69) is 10.6 Å². The molecule has 0 rings (SSSR count). The summed E-state index contributed by atoms with van der Waals surface area (Å²) in [5.41, 5.74) is 4.98. The van der Waals surface area contributed by atoms with Crippen LogP contribution in [0, 0.1) is 0 Å². The normalized spacial score (nSPS) is 11.9. The Morgan fingerprint density at radius 2 is 2.19 bits per heavy atom. The van der Waals surface area contributed by atoms with Gasteiger partial charge in [-0.1, -0.05) is 0 Å². The van der Waals surface area contributed by atoms with Crippen molar-refractivity contribution >= 4 is 23.7 Å². The maximum Gasteiger partial charge on any atom is 0.312 e. The molecule has 0 spiro atoms. The molecular weight excluding hydrogens is 230 g/mol. The van der Waals surface area contributed by atoms with Gasteiger partial charge in [0, 0.05) is 13.2 Å². The molecule has 0 aromatic carbocycles. The molecule has 0 aliphatic heterocycles. The molecule has 0 heterocycles. The summed E-state index contributed by atoms with van der Waals surface area (Å²) in [7, 11) is 0. The van der Waals surface area contributed by atoms with Crippen LogP contribution in [-0.2, 0) is 4.79 Å². The van der Waals surface area contributed by atoms with Crippen LogP contribution in [0.25, 0.3) is 0 Å². The molecule has 3 amide bonds. The lowest BCUT2D eigenvalue weighted by atomic mass is 10.2. The lowest BCUT2D eigenvalue weighted by Gasteiger charge is -2.16. The third-order valence-corrected chi connectivity index (χ3v) is 2.52. The fourth-order valence-electron chi connectivity index (χ4n) is 1.09. The van der Waals surface area contributed by atoms with E-state index in [0.29, 0.717) is 19.4 Å². The van der Waals surface area contributed by atoms with Crippen molar-refractivity contribution in [3.63, 3.8) is 0 Å². The molecule has 1 atom stereocenters. The van der Waals surface area contributed by atoms with Crippen LogP contribution in [-0.4, -0.2) is 48.2 Å². The van der Waals surface area contributed by atoms with E-state index in [0.717, 1.165) is 5.75 Å². The van der Waals surface area contributed by atoms with Crippen molar-refractivity contribution < 1.29 is 14.7 Å². The van der Waals surface area contributed by atoms with Gasteiger partial charge in [0.05, 0.1) is 0 Å². The molecule has 16 heavy (non-hydrogen) atoms. The Kier molecular flexibility index (Phi) is 8.74. The molecule has 0 radical (unpaired) electrons. The molecule has 0 fully saturated rings. The molecule has 94 valence electrons. The zero-order valence-electron chi connectivity index (χ0n) is 9.36. The Labute approximate surface area is 99.3 Å². The molecule has 5 N–H and O–H groups in total. The Hall–Kier alpha value is -0.950. The fourth-order valence-corrected chi connectivity index (χ4v) is 1.56. The van der Waals surface area contributed by atoms with Gasteiger partial charge in [0.1, 0.15) is 6.04 Å². The van der Waals surface area contributed by atoms with Crippen molar-refractivity contribution in [1.29, 1.82) is 0 Å². The van der Waals surface area contributed by atoms with Crippen molar-refractivity contribution in [3.8, 4) is 0 Å². The molecule has 0 saturated heterocycles. The number of primary amides is 1. The number of hydrogen-bond donors (Lipinski definition) is 4. The van der Waals surface area contributed by atoms with E-state index in [4.69, 9.17) is 10.8 Å². The van der Waals surface area contributed by atoms with Crippen LogP contribution in [0.3, 0.4) is 0 Å². The summed E-state index contributed by atoms with van der Waals surface area (Å²) < 4.78 is 0. The average molecular weight is 249 g/mol. The third-order valence-electron chi connectivity index (χ3n) is 1.88. The number of hydrogen-bond acceptors (Lipinski definition) is 4. The molecule has 0 aromatic heterocycles. The molecule has 1 unspecified atom stereocenters. The minimum atomic E-state index is -0.705. The Balaban J connectivity index is 4.04. The second kappa shape index (κ2) is 9.29. The lowest BCUT2D eigenvalue weighted by Crippen LogP contribution is -2.49. The predicted molar refractivity (Wildman–Crippen MR) is 64.2 cm³/mol. The van der Waals surface area contributed by atoms with Crippen molar-refractivity contribution in [2.45, 2.75) is 18.9 Å². The van der Waals surface area contributed by atoms with Gasteiger partial charge in [-0.3, -0.25) is 4.79 Å². The number of thioether (sulfide) groups is 1. The van der Waals surface area contributed by atoms with Gasteiger partial charge in [-0.25, -0.2) is 4.79 Å². The van der Waals surface area contributed by atoms with E-state index >= 15 is 0 Å². The Bertz CT molecular complexity index is 226. The van der Waals surface area contributed by atoms with Crippen LogP contribution in [0.4, 0.5) is 4.79 Å². The first kappa shape index (κ1) is 15.0. The van der Waals surface area contributed by atoms with Gasteiger partial charge in [0.15, 0.2) is 0 Å². The highest BCUT2D eigenvalue weighted by Crippen LogP contribution is 2.00. The number of nitrogens with two attached hydrogens (primary N) is 1. The first-order valence-corrected chi connectivity index (χ1v) is 6.44. The molecule has 6 nitrogen and oxygen atoms in total. The number of urea groups is 1. The standard InChI is InChI=1S/C9H19N3O3S/c1-16-6-3-7(12-9(10)15)8(14)11-4-2-5-13/h7,13H,2-6H2,1H3,(H,11,14)(H3,10,12,15). The maximum atomic E-state index is 11.6. The zero-order valence-corrected chi connectivity index (χ0v) is 10.2. The SMILES string of the molecule is CSCCC(NC(N)=O)C(=O)NCCCO. The molecule has 0 saturated carbocycles. The average Bonchev–Trinajstić information content (AvgIpc) is 2.23. The lowest BCUT2D eigenvalue weighted by molar-refractivity contribution is -0.122. The second-order valence-electron chi connectivity index (χ2n) is 3.21. The van der Waals surface area contributed by atoms with E-state index in [-0.39, 0.29) is 12.5 Å². The van der Waals surface area contributed by atoms with E-state index < -0.39 is 12.1 Å². The van der Waals surface area contributed by atoms with E-state index in [1.54, 1.807) is 11.8 Å². The minimum Gasteiger partial charge on any atom is -0.396 e. The summed E-state index contributed by atoms with van der Waals surface area (Å²) in [6, 6.07) is -1.30. The number of carbonyl (C=O) groups excluding carboxylic acids is 2. The summed E-state index contributed by atoms with van der Waals surface area (Å²) in [6.45, 7) is 0.421. The fraction of sp³-hybridized carbons (Fsp3) is 0.778. The molecule has 0 bridgehead atoms. The summed E-state index contributed by atoms with van der Waals surface area (Å²) >= 11 is 1.59. The predicted octanol–water partition coefficient (Wildman–Crippen LogP) is -0.725. The van der Waals surface area contributed by atoms with Gasteiger partial charge in [0.2, 0.25) is 5.91 Å². The van der Waals surface area contributed by atoms with Gasteiger partial charge in [-0.15, -0.1) is 0 Å². The molecule has 0 aliphatic rings. The largest absolute Gasteiger partial charge is 0.396 e. The summed E-state index contributed by atoms with van der Waals surface area (Å²) in [5, 5.41) is 13.6. The van der Waals surface area contributed by atoms with Crippen LogP contribution < -0.4 is 16.4 Å². The maximum absolute atomic E-state index is 11.6.